The molecule has 0 amide bonds. The Balaban J connectivity index is 2.55. The third-order valence-electron chi connectivity index (χ3n) is 3.52. The Kier molecular flexibility index (Phi) is 4.32. The summed E-state index contributed by atoms with van der Waals surface area (Å²) in [4.78, 5) is 12.8. The van der Waals surface area contributed by atoms with Crippen molar-refractivity contribution in [3.05, 3.63) is 58.1 Å². The molecule has 0 aliphatic rings. The number of benzene rings is 2. The zero-order chi connectivity index (χ0) is 15.6. The number of ether oxygens (including phenoxy) is 2. The topological polar surface area (TPSA) is 35.5 Å². The van der Waals surface area contributed by atoms with Crippen molar-refractivity contribution in [2.75, 3.05) is 14.2 Å². The van der Waals surface area contributed by atoms with Crippen molar-refractivity contribution in [2.45, 2.75) is 20.8 Å². The molecule has 0 spiro atoms. The Labute approximate surface area is 125 Å². The highest BCUT2D eigenvalue weighted by molar-refractivity contribution is 6.11. The summed E-state index contributed by atoms with van der Waals surface area (Å²) in [6, 6.07) is 9.29. The summed E-state index contributed by atoms with van der Waals surface area (Å²) in [7, 11) is 3.15. The van der Waals surface area contributed by atoms with Crippen LogP contribution in [-0.2, 0) is 0 Å². The maximum atomic E-state index is 12.8. The highest BCUT2D eigenvalue weighted by Crippen LogP contribution is 2.26. The molecule has 0 aliphatic heterocycles. The minimum atomic E-state index is -0.0119. The van der Waals surface area contributed by atoms with Gasteiger partial charge in [0.25, 0.3) is 0 Å². The van der Waals surface area contributed by atoms with E-state index in [0.717, 1.165) is 22.3 Å². The van der Waals surface area contributed by atoms with Crippen LogP contribution < -0.4 is 9.47 Å². The lowest BCUT2D eigenvalue weighted by atomic mass is 9.93. The molecule has 0 unspecified atom stereocenters. The van der Waals surface area contributed by atoms with E-state index in [4.69, 9.17) is 9.47 Å². The molecule has 0 aliphatic carbocycles. The average molecular weight is 284 g/mol. The van der Waals surface area contributed by atoms with Gasteiger partial charge in [-0.3, -0.25) is 4.79 Å². The highest BCUT2D eigenvalue weighted by Gasteiger charge is 2.17. The van der Waals surface area contributed by atoms with Gasteiger partial charge in [-0.05, 0) is 44.0 Å². The van der Waals surface area contributed by atoms with Crippen molar-refractivity contribution in [3.8, 4) is 11.5 Å². The molecule has 0 heterocycles. The Bertz CT molecular complexity index is 642. The van der Waals surface area contributed by atoms with Gasteiger partial charge in [0.2, 0.25) is 0 Å². The number of hydrogen-bond acceptors (Lipinski definition) is 3. The zero-order valence-electron chi connectivity index (χ0n) is 13.1. The van der Waals surface area contributed by atoms with E-state index >= 15 is 0 Å². The molecule has 2 rings (SSSR count). The maximum absolute atomic E-state index is 12.8. The Morgan fingerprint density at radius 1 is 0.810 bits per heavy atom. The first-order valence-corrected chi connectivity index (χ1v) is 6.82. The molecule has 110 valence electrons. The van der Waals surface area contributed by atoms with Crippen molar-refractivity contribution in [2.24, 2.45) is 0 Å². The molecule has 3 nitrogen and oxygen atoms in total. The third-order valence-corrected chi connectivity index (χ3v) is 3.52. The molecule has 21 heavy (non-hydrogen) atoms. The monoisotopic (exact) mass is 284 g/mol. The molecule has 0 N–H and O–H groups in total. The molecule has 0 radical (unpaired) electrons. The molecule has 0 bridgehead atoms. The number of ketones is 1. The largest absolute Gasteiger partial charge is 0.497 e. The minimum absolute atomic E-state index is 0.0119. The summed E-state index contributed by atoms with van der Waals surface area (Å²) >= 11 is 0. The molecule has 0 saturated heterocycles. The molecule has 0 atom stereocenters. The predicted molar refractivity (Wildman–Crippen MR) is 83.6 cm³/mol. The number of hydrogen-bond donors (Lipinski definition) is 0. The van der Waals surface area contributed by atoms with Crippen LogP contribution in [0.15, 0.2) is 30.3 Å². The molecule has 0 fully saturated rings. The number of carbonyl (C=O) groups is 1. The van der Waals surface area contributed by atoms with Crippen LogP contribution in [0.3, 0.4) is 0 Å². The summed E-state index contributed by atoms with van der Waals surface area (Å²) in [6.07, 6.45) is 0. The van der Waals surface area contributed by atoms with Crippen molar-refractivity contribution >= 4 is 5.78 Å². The molecular weight excluding hydrogens is 264 g/mol. The first kappa shape index (κ1) is 15.1. The standard InChI is InChI=1S/C18H20O3/c1-11-6-12(2)17(13(3)7-11)18(19)14-8-15(20-4)10-16(9-14)21-5/h6-10H,1-5H3. The van der Waals surface area contributed by atoms with Gasteiger partial charge in [0, 0.05) is 17.2 Å². The van der Waals surface area contributed by atoms with Crippen LogP contribution in [-0.4, -0.2) is 20.0 Å². The molecule has 0 aromatic heterocycles. The molecule has 0 saturated carbocycles. The lowest BCUT2D eigenvalue weighted by molar-refractivity contribution is 0.103. The zero-order valence-corrected chi connectivity index (χ0v) is 13.1. The van der Waals surface area contributed by atoms with Crippen molar-refractivity contribution in [1.82, 2.24) is 0 Å². The quantitative estimate of drug-likeness (QED) is 0.800. The van der Waals surface area contributed by atoms with Crippen LogP contribution >= 0.6 is 0 Å². The van der Waals surface area contributed by atoms with Gasteiger partial charge in [0.15, 0.2) is 5.78 Å². The minimum Gasteiger partial charge on any atom is -0.497 e. The van der Waals surface area contributed by atoms with Gasteiger partial charge in [0.1, 0.15) is 11.5 Å². The number of methoxy groups -OCH3 is 2. The summed E-state index contributed by atoms with van der Waals surface area (Å²) in [5.41, 5.74) is 4.44. The van der Waals surface area contributed by atoms with E-state index in [9.17, 15) is 4.79 Å². The van der Waals surface area contributed by atoms with Crippen molar-refractivity contribution in [1.29, 1.82) is 0 Å². The van der Waals surface area contributed by atoms with Gasteiger partial charge < -0.3 is 9.47 Å². The van der Waals surface area contributed by atoms with Gasteiger partial charge >= 0.3 is 0 Å². The van der Waals surface area contributed by atoms with Gasteiger partial charge in [0.05, 0.1) is 14.2 Å². The normalized spacial score (nSPS) is 10.3. The Hall–Kier alpha value is -2.29. The predicted octanol–water partition coefficient (Wildman–Crippen LogP) is 3.86. The lowest BCUT2D eigenvalue weighted by Crippen LogP contribution is -2.07. The van der Waals surface area contributed by atoms with E-state index in [1.165, 1.54) is 0 Å². The highest BCUT2D eigenvalue weighted by atomic mass is 16.5. The summed E-state index contributed by atoms with van der Waals surface area (Å²) in [6.45, 7) is 5.96. The molecular formula is C18H20O3. The van der Waals surface area contributed by atoms with Gasteiger partial charge in [-0.15, -0.1) is 0 Å². The van der Waals surface area contributed by atoms with E-state index < -0.39 is 0 Å². The second-order valence-corrected chi connectivity index (χ2v) is 5.20. The van der Waals surface area contributed by atoms with Gasteiger partial charge in [-0.25, -0.2) is 0 Å². The summed E-state index contributed by atoms with van der Waals surface area (Å²) in [5.74, 6) is 1.21. The van der Waals surface area contributed by atoms with E-state index in [1.807, 2.05) is 32.9 Å². The van der Waals surface area contributed by atoms with E-state index in [-0.39, 0.29) is 5.78 Å². The fourth-order valence-corrected chi connectivity index (χ4v) is 2.62. The third kappa shape index (κ3) is 3.07. The van der Waals surface area contributed by atoms with Crippen LogP contribution in [0, 0.1) is 20.8 Å². The SMILES string of the molecule is COc1cc(OC)cc(C(=O)c2c(C)cc(C)cc2C)c1. The van der Waals surface area contributed by atoms with Crippen LogP contribution in [0.4, 0.5) is 0 Å². The Morgan fingerprint density at radius 3 is 1.71 bits per heavy atom. The van der Waals surface area contributed by atoms with E-state index in [2.05, 4.69) is 0 Å². The van der Waals surface area contributed by atoms with Crippen LogP contribution in [0.5, 0.6) is 11.5 Å². The molecule has 3 heteroatoms. The van der Waals surface area contributed by atoms with E-state index in [1.54, 1.807) is 32.4 Å². The van der Waals surface area contributed by atoms with Crippen molar-refractivity contribution < 1.29 is 14.3 Å². The maximum Gasteiger partial charge on any atom is 0.193 e. The van der Waals surface area contributed by atoms with Crippen LogP contribution in [0.25, 0.3) is 0 Å². The summed E-state index contributed by atoms with van der Waals surface area (Å²) < 4.78 is 10.5. The number of aryl methyl sites for hydroxylation is 3. The van der Waals surface area contributed by atoms with Gasteiger partial charge in [-0.1, -0.05) is 17.7 Å². The second-order valence-electron chi connectivity index (χ2n) is 5.20. The first-order chi connectivity index (χ1) is 9.96. The Morgan fingerprint density at radius 2 is 1.29 bits per heavy atom. The lowest BCUT2D eigenvalue weighted by Gasteiger charge is -2.12. The van der Waals surface area contributed by atoms with Crippen molar-refractivity contribution in [3.63, 3.8) is 0 Å². The number of carbonyl (C=O) groups excluding carboxylic acids is 1. The van der Waals surface area contributed by atoms with Crippen LogP contribution in [0.1, 0.15) is 32.6 Å². The average Bonchev–Trinajstić information content (AvgIpc) is 2.45. The fraction of sp³-hybridized carbons (Fsp3) is 0.278. The molecule has 2 aromatic rings. The van der Waals surface area contributed by atoms with Gasteiger partial charge in [-0.2, -0.15) is 0 Å². The summed E-state index contributed by atoms with van der Waals surface area (Å²) in [5, 5.41) is 0. The fourth-order valence-electron chi connectivity index (χ4n) is 2.62. The number of rotatable bonds is 4. The smallest absolute Gasteiger partial charge is 0.193 e. The van der Waals surface area contributed by atoms with Crippen LogP contribution in [0.2, 0.25) is 0 Å². The molecule has 2 aromatic carbocycles. The second kappa shape index (κ2) is 6.00. The first-order valence-electron chi connectivity index (χ1n) is 6.82. The van der Waals surface area contributed by atoms with E-state index in [0.29, 0.717) is 17.1 Å².